The Morgan fingerprint density at radius 1 is 0.773 bits per heavy atom. The molecule has 0 bridgehead atoms. The van der Waals surface area contributed by atoms with Gasteiger partial charge in [0.15, 0.2) is 0 Å². The van der Waals surface area contributed by atoms with Gasteiger partial charge in [0.1, 0.15) is 5.75 Å². The smallest absolute Gasteiger partial charge is 0.125 e. The van der Waals surface area contributed by atoms with E-state index in [-0.39, 0.29) is 5.75 Å². The molecule has 0 spiro atoms. The fraction of sp³-hybridized carbons (Fsp3) is 0. The minimum Gasteiger partial charge on any atom is -0.507 e. The molecular weight excluding hydrogens is 272 g/mol. The average Bonchev–Trinajstić information content (AvgIpc) is 3.05. The molecule has 3 nitrogen and oxygen atoms in total. The highest BCUT2D eigenvalue weighted by Crippen LogP contribution is 2.35. The molecule has 1 N–H and O–H groups in total. The van der Waals surface area contributed by atoms with Crippen LogP contribution in [0.4, 0.5) is 0 Å². The van der Waals surface area contributed by atoms with E-state index in [0.717, 1.165) is 27.7 Å². The fourth-order valence-corrected chi connectivity index (χ4v) is 2.71. The summed E-state index contributed by atoms with van der Waals surface area (Å²) < 4.78 is 1.82. The molecule has 0 aliphatic carbocycles. The van der Waals surface area contributed by atoms with Crippen LogP contribution in [0.1, 0.15) is 0 Å². The highest BCUT2D eigenvalue weighted by atomic mass is 16.3. The van der Waals surface area contributed by atoms with Gasteiger partial charge in [-0.05, 0) is 35.0 Å². The van der Waals surface area contributed by atoms with Gasteiger partial charge < -0.3 is 5.11 Å². The summed E-state index contributed by atoms with van der Waals surface area (Å²) in [5, 5.41) is 17.0. The van der Waals surface area contributed by atoms with Gasteiger partial charge >= 0.3 is 0 Å². The van der Waals surface area contributed by atoms with E-state index in [1.165, 1.54) is 0 Å². The van der Waals surface area contributed by atoms with Crippen molar-refractivity contribution in [3.63, 3.8) is 0 Å². The number of fused-ring (bicyclic) bond motifs is 1. The zero-order chi connectivity index (χ0) is 14.9. The molecule has 22 heavy (non-hydrogen) atoms. The Balaban J connectivity index is 1.90. The van der Waals surface area contributed by atoms with E-state index in [9.17, 15) is 5.11 Å². The molecule has 3 heteroatoms. The molecule has 1 aromatic heterocycles. The van der Waals surface area contributed by atoms with E-state index in [0.29, 0.717) is 0 Å². The first-order valence-electron chi connectivity index (χ1n) is 7.15. The van der Waals surface area contributed by atoms with Gasteiger partial charge in [0.2, 0.25) is 0 Å². The molecule has 0 atom stereocenters. The highest BCUT2D eigenvalue weighted by molar-refractivity contribution is 5.98. The first-order chi connectivity index (χ1) is 10.8. The number of aromatic nitrogens is 2. The average molecular weight is 286 g/mol. The van der Waals surface area contributed by atoms with Gasteiger partial charge in [0.25, 0.3) is 0 Å². The lowest BCUT2D eigenvalue weighted by Gasteiger charge is -2.07. The second kappa shape index (κ2) is 5.04. The molecule has 0 saturated heterocycles. The number of para-hydroxylation sites is 1. The van der Waals surface area contributed by atoms with E-state index in [1.54, 1.807) is 6.07 Å². The van der Waals surface area contributed by atoms with Crippen molar-refractivity contribution in [3.8, 4) is 22.7 Å². The van der Waals surface area contributed by atoms with Crippen LogP contribution in [0.15, 0.2) is 79.0 Å². The largest absolute Gasteiger partial charge is 0.507 e. The van der Waals surface area contributed by atoms with E-state index < -0.39 is 0 Å². The molecule has 106 valence electrons. The van der Waals surface area contributed by atoms with Gasteiger partial charge in [-0.2, -0.15) is 5.10 Å². The van der Waals surface area contributed by atoms with Crippen LogP contribution >= 0.6 is 0 Å². The fourth-order valence-electron chi connectivity index (χ4n) is 2.71. The maximum absolute atomic E-state index is 10.3. The van der Waals surface area contributed by atoms with Gasteiger partial charge in [-0.1, -0.05) is 48.5 Å². The molecule has 0 unspecified atom stereocenters. The lowest BCUT2D eigenvalue weighted by Crippen LogP contribution is -1.94. The number of aromatic hydroxyl groups is 1. The van der Waals surface area contributed by atoms with Crippen LogP contribution in [-0.4, -0.2) is 14.9 Å². The Kier molecular flexibility index (Phi) is 2.90. The lowest BCUT2D eigenvalue weighted by atomic mass is 10.0. The minimum absolute atomic E-state index is 0.247. The number of hydrogen-bond acceptors (Lipinski definition) is 2. The summed E-state index contributed by atoms with van der Waals surface area (Å²) in [5.74, 6) is 0.247. The molecule has 3 aromatic carbocycles. The van der Waals surface area contributed by atoms with Crippen molar-refractivity contribution in [2.24, 2.45) is 0 Å². The second-order valence-electron chi connectivity index (χ2n) is 5.16. The van der Waals surface area contributed by atoms with Crippen molar-refractivity contribution >= 4 is 10.8 Å². The monoisotopic (exact) mass is 286 g/mol. The SMILES string of the molecule is Oc1ccc2ccccc2c1-c1ccn(-c2ccccc2)n1. The topological polar surface area (TPSA) is 38.0 Å². The molecular formula is C19H14N2O. The van der Waals surface area contributed by atoms with E-state index in [4.69, 9.17) is 0 Å². The molecule has 1 heterocycles. The van der Waals surface area contributed by atoms with Crippen LogP contribution in [0, 0.1) is 0 Å². The number of phenols is 1. The summed E-state index contributed by atoms with van der Waals surface area (Å²) in [5.41, 5.74) is 2.53. The van der Waals surface area contributed by atoms with Crippen molar-refractivity contribution < 1.29 is 5.11 Å². The predicted octanol–water partition coefficient (Wildman–Crippen LogP) is 4.40. The Hall–Kier alpha value is -3.07. The Morgan fingerprint density at radius 3 is 2.41 bits per heavy atom. The molecule has 0 amide bonds. The van der Waals surface area contributed by atoms with Crippen molar-refractivity contribution in [3.05, 3.63) is 79.0 Å². The third kappa shape index (κ3) is 2.04. The Bertz CT molecular complexity index is 942. The van der Waals surface area contributed by atoms with Crippen molar-refractivity contribution in [1.82, 2.24) is 9.78 Å². The van der Waals surface area contributed by atoms with E-state index >= 15 is 0 Å². The molecule has 0 fully saturated rings. The maximum atomic E-state index is 10.3. The molecule has 0 aliphatic rings. The zero-order valence-corrected chi connectivity index (χ0v) is 11.8. The summed E-state index contributed by atoms with van der Waals surface area (Å²) in [6.07, 6.45) is 1.91. The predicted molar refractivity (Wildman–Crippen MR) is 88.2 cm³/mol. The summed E-state index contributed by atoms with van der Waals surface area (Å²) in [7, 11) is 0. The third-order valence-corrected chi connectivity index (χ3v) is 3.77. The first kappa shape index (κ1) is 12.7. The van der Waals surface area contributed by atoms with Crippen LogP contribution in [0.25, 0.3) is 27.7 Å². The standard InChI is InChI=1S/C19H14N2O/c22-18-11-10-14-6-4-5-9-16(14)19(18)17-12-13-21(20-17)15-7-2-1-3-8-15/h1-13,22H. The van der Waals surface area contributed by atoms with Crippen LogP contribution < -0.4 is 0 Å². The Morgan fingerprint density at radius 2 is 1.55 bits per heavy atom. The van der Waals surface area contributed by atoms with Crippen LogP contribution in [0.3, 0.4) is 0 Å². The van der Waals surface area contributed by atoms with Crippen molar-refractivity contribution in [1.29, 1.82) is 0 Å². The number of phenolic OH excluding ortho intramolecular Hbond substituents is 1. The second-order valence-corrected chi connectivity index (χ2v) is 5.16. The lowest BCUT2D eigenvalue weighted by molar-refractivity contribution is 0.478. The maximum Gasteiger partial charge on any atom is 0.125 e. The molecule has 4 rings (SSSR count). The normalized spacial score (nSPS) is 10.9. The van der Waals surface area contributed by atoms with E-state index in [1.807, 2.05) is 77.6 Å². The number of hydrogen-bond donors (Lipinski definition) is 1. The van der Waals surface area contributed by atoms with Crippen LogP contribution in [0.2, 0.25) is 0 Å². The summed E-state index contributed by atoms with van der Waals surface area (Å²) in [6, 6.07) is 23.5. The van der Waals surface area contributed by atoms with Gasteiger partial charge in [-0.3, -0.25) is 0 Å². The molecule has 0 radical (unpaired) electrons. The van der Waals surface area contributed by atoms with E-state index in [2.05, 4.69) is 5.10 Å². The molecule has 0 saturated carbocycles. The molecule has 4 aromatic rings. The first-order valence-corrected chi connectivity index (χ1v) is 7.15. The number of nitrogens with zero attached hydrogens (tertiary/aromatic N) is 2. The van der Waals surface area contributed by atoms with Crippen LogP contribution in [-0.2, 0) is 0 Å². The van der Waals surface area contributed by atoms with Gasteiger partial charge in [-0.15, -0.1) is 0 Å². The van der Waals surface area contributed by atoms with Crippen LogP contribution in [0.5, 0.6) is 5.75 Å². The highest BCUT2D eigenvalue weighted by Gasteiger charge is 2.12. The van der Waals surface area contributed by atoms with Gasteiger partial charge in [-0.25, -0.2) is 4.68 Å². The number of rotatable bonds is 2. The quantitative estimate of drug-likeness (QED) is 0.593. The Labute approximate surface area is 128 Å². The summed E-state index contributed by atoms with van der Waals surface area (Å²) in [4.78, 5) is 0. The summed E-state index contributed by atoms with van der Waals surface area (Å²) >= 11 is 0. The number of benzene rings is 3. The van der Waals surface area contributed by atoms with Crippen molar-refractivity contribution in [2.45, 2.75) is 0 Å². The zero-order valence-electron chi connectivity index (χ0n) is 11.8. The summed E-state index contributed by atoms with van der Waals surface area (Å²) in [6.45, 7) is 0. The van der Waals surface area contributed by atoms with Crippen molar-refractivity contribution in [2.75, 3.05) is 0 Å². The third-order valence-electron chi connectivity index (χ3n) is 3.77. The van der Waals surface area contributed by atoms with Gasteiger partial charge in [0, 0.05) is 6.20 Å². The molecule has 0 aliphatic heterocycles. The van der Waals surface area contributed by atoms with Gasteiger partial charge in [0.05, 0.1) is 16.9 Å². The minimum atomic E-state index is 0.247.